The SMILES string of the molecule is C[C@H]1CN(C(=O)c2cc(Br)ccc2Cl)CCN1.Cl. The third kappa shape index (κ3) is 3.60. The van der Waals surface area contributed by atoms with Gasteiger partial charge < -0.3 is 10.2 Å². The normalized spacial score (nSPS) is 19.3. The standard InChI is InChI=1S/C12H14BrClN2O.ClH/c1-8-7-16(5-4-15-8)12(17)10-6-9(13)2-3-11(10)14;/h2-3,6,8,15H,4-5,7H2,1H3;1H/t8-;/m0./s1. The monoisotopic (exact) mass is 352 g/mol. The zero-order valence-electron chi connectivity index (χ0n) is 9.95. The lowest BCUT2D eigenvalue weighted by molar-refractivity contribution is 0.0709. The molecule has 2 rings (SSSR count). The molecule has 3 nitrogen and oxygen atoms in total. The molecular formula is C12H15BrCl2N2O. The summed E-state index contributed by atoms with van der Waals surface area (Å²) in [5.41, 5.74) is 0.565. The molecule has 6 heteroatoms. The third-order valence-electron chi connectivity index (χ3n) is 2.81. The number of benzene rings is 1. The first kappa shape index (κ1) is 15.8. The quantitative estimate of drug-likeness (QED) is 0.841. The van der Waals surface area contributed by atoms with Crippen molar-refractivity contribution in [3.05, 3.63) is 33.3 Å². The number of hydrogen-bond donors (Lipinski definition) is 1. The van der Waals surface area contributed by atoms with E-state index in [1.54, 1.807) is 12.1 Å². The second kappa shape index (κ2) is 6.75. The topological polar surface area (TPSA) is 32.3 Å². The minimum atomic E-state index is 0. The van der Waals surface area contributed by atoms with Crippen molar-refractivity contribution in [3.8, 4) is 0 Å². The highest BCUT2D eigenvalue weighted by atomic mass is 79.9. The lowest BCUT2D eigenvalue weighted by Crippen LogP contribution is -2.51. The van der Waals surface area contributed by atoms with E-state index in [0.717, 1.165) is 24.1 Å². The number of hydrogen-bond acceptors (Lipinski definition) is 2. The van der Waals surface area contributed by atoms with Crippen molar-refractivity contribution >= 4 is 45.8 Å². The molecule has 1 aliphatic rings. The van der Waals surface area contributed by atoms with Gasteiger partial charge in [-0.25, -0.2) is 0 Å². The van der Waals surface area contributed by atoms with Gasteiger partial charge in [-0.3, -0.25) is 4.79 Å². The molecule has 1 N–H and O–H groups in total. The number of rotatable bonds is 1. The predicted octanol–water partition coefficient (Wildman–Crippen LogP) is 2.96. The van der Waals surface area contributed by atoms with Gasteiger partial charge in [-0.05, 0) is 25.1 Å². The van der Waals surface area contributed by atoms with Crippen molar-refractivity contribution in [2.75, 3.05) is 19.6 Å². The lowest BCUT2D eigenvalue weighted by Gasteiger charge is -2.32. The number of piperazine rings is 1. The Balaban J connectivity index is 0.00000162. The van der Waals surface area contributed by atoms with Crippen LogP contribution in [-0.2, 0) is 0 Å². The third-order valence-corrected chi connectivity index (χ3v) is 3.64. The van der Waals surface area contributed by atoms with Crippen LogP contribution in [-0.4, -0.2) is 36.5 Å². The fourth-order valence-corrected chi connectivity index (χ4v) is 2.51. The van der Waals surface area contributed by atoms with Gasteiger partial charge in [0.25, 0.3) is 5.91 Å². The molecule has 1 heterocycles. The van der Waals surface area contributed by atoms with Crippen LogP contribution in [0.5, 0.6) is 0 Å². The number of carbonyl (C=O) groups excluding carboxylic acids is 1. The summed E-state index contributed by atoms with van der Waals surface area (Å²) in [5.74, 6) is 0.00431. The van der Waals surface area contributed by atoms with E-state index in [2.05, 4.69) is 28.2 Å². The molecule has 0 aliphatic carbocycles. The molecule has 0 aromatic heterocycles. The first-order valence-electron chi connectivity index (χ1n) is 5.55. The number of amides is 1. The van der Waals surface area contributed by atoms with Crippen LogP contribution in [0, 0.1) is 0 Å². The molecule has 0 saturated carbocycles. The van der Waals surface area contributed by atoms with E-state index < -0.39 is 0 Å². The highest BCUT2D eigenvalue weighted by Crippen LogP contribution is 2.22. The van der Waals surface area contributed by atoms with Gasteiger partial charge in [0.15, 0.2) is 0 Å². The smallest absolute Gasteiger partial charge is 0.255 e. The number of carbonyl (C=O) groups is 1. The minimum Gasteiger partial charge on any atom is -0.336 e. The van der Waals surface area contributed by atoms with Gasteiger partial charge in [-0.2, -0.15) is 0 Å². The molecule has 100 valence electrons. The van der Waals surface area contributed by atoms with Crippen LogP contribution in [0.25, 0.3) is 0 Å². The summed E-state index contributed by atoms with van der Waals surface area (Å²) < 4.78 is 0.869. The Morgan fingerprint density at radius 2 is 2.28 bits per heavy atom. The summed E-state index contributed by atoms with van der Waals surface area (Å²) in [4.78, 5) is 14.2. The number of halogens is 3. The Morgan fingerprint density at radius 1 is 1.56 bits per heavy atom. The van der Waals surface area contributed by atoms with Crippen molar-refractivity contribution in [2.45, 2.75) is 13.0 Å². The van der Waals surface area contributed by atoms with Gasteiger partial charge in [-0.15, -0.1) is 12.4 Å². The summed E-state index contributed by atoms with van der Waals surface area (Å²) in [6, 6.07) is 5.68. The molecule has 1 aromatic rings. The zero-order valence-corrected chi connectivity index (χ0v) is 13.1. The highest BCUT2D eigenvalue weighted by molar-refractivity contribution is 9.10. The Kier molecular flexibility index (Phi) is 5.92. The Hall–Kier alpha value is -0.290. The minimum absolute atomic E-state index is 0. The fraction of sp³-hybridized carbons (Fsp3) is 0.417. The number of nitrogens with one attached hydrogen (secondary N) is 1. The number of nitrogens with zero attached hydrogens (tertiary/aromatic N) is 1. The van der Waals surface area contributed by atoms with E-state index in [1.807, 2.05) is 11.0 Å². The maximum absolute atomic E-state index is 12.3. The molecular weight excluding hydrogens is 339 g/mol. The second-order valence-electron chi connectivity index (χ2n) is 4.23. The van der Waals surface area contributed by atoms with Gasteiger partial charge in [0.1, 0.15) is 0 Å². The van der Waals surface area contributed by atoms with Gasteiger partial charge in [0.2, 0.25) is 0 Å². The molecule has 1 fully saturated rings. The van der Waals surface area contributed by atoms with Crippen molar-refractivity contribution in [1.82, 2.24) is 10.2 Å². The first-order chi connectivity index (χ1) is 8.08. The molecule has 0 bridgehead atoms. The summed E-state index contributed by atoms with van der Waals surface area (Å²) in [5, 5.41) is 3.81. The summed E-state index contributed by atoms with van der Waals surface area (Å²) in [6.45, 7) is 4.36. The van der Waals surface area contributed by atoms with E-state index in [0.29, 0.717) is 16.6 Å². The first-order valence-corrected chi connectivity index (χ1v) is 6.72. The predicted molar refractivity (Wildman–Crippen MR) is 79.8 cm³/mol. The van der Waals surface area contributed by atoms with Crippen LogP contribution in [0.4, 0.5) is 0 Å². The maximum atomic E-state index is 12.3. The van der Waals surface area contributed by atoms with Gasteiger partial charge in [0, 0.05) is 30.1 Å². The van der Waals surface area contributed by atoms with E-state index in [1.165, 1.54) is 0 Å². The van der Waals surface area contributed by atoms with Crippen molar-refractivity contribution in [3.63, 3.8) is 0 Å². The molecule has 0 radical (unpaired) electrons. The van der Waals surface area contributed by atoms with Crippen LogP contribution < -0.4 is 5.32 Å². The Labute approximate surface area is 126 Å². The summed E-state index contributed by atoms with van der Waals surface area (Å²) >= 11 is 9.42. The summed E-state index contributed by atoms with van der Waals surface area (Å²) in [6.07, 6.45) is 0. The molecule has 1 aromatic carbocycles. The van der Waals surface area contributed by atoms with Crippen LogP contribution in [0.2, 0.25) is 5.02 Å². The van der Waals surface area contributed by atoms with Crippen LogP contribution in [0.15, 0.2) is 22.7 Å². The molecule has 1 saturated heterocycles. The fourth-order valence-electron chi connectivity index (χ4n) is 1.95. The summed E-state index contributed by atoms with van der Waals surface area (Å²) in [7, 11) is 0. The Bertz CT molecular complexity index is 442. The average Bonchev–Trinajstić information content (AvgIpc) is 2.31. The second-order valence-corrected chi connectivity index (χ2v) is 5.55. The van der Waals surface area contributed by atoms with Crippen molar-refractivity contribution < 1.29 is 4.79 Å². The van der Waals surface area contributed by atoms with E-state index >= 15 is 0 Å². The van der Waals surface area contributed by atoms with Gasteiger partial charge in [-0.1, -0.05) is 27.5 Å². The van der Waals surface area contributed by atoms with Crippen molar-refractivity contribution in [1.29, 1.82) is 0 Å². The van der Waals surface area contributed by atoms with Crippen LogP contribution >= 0.6 is 39.9 Å². The molecule has 0 spiro atoms. The Morgan fingerprint density at radius 3 is 2.94 bits per heavy atom. The van der Waals surface area contributed by atoms with Crippen LogP contribution in [0.1, 0.15) is 17.3 Å². The molecule has 18 heavy (non-hydrogen) atoms. The van der Waals surface area contributed by atoms with Crippen molar-refractivity contribution in [2.24, 2.45) is 0 Å². The van der Waals surface area contributed by atoms with E-state index in [-0.39, 0.29) is 18.3 Å². The molecule has 1 amide bonds. The maximum Gasteiger partial charge on any atom is 0.255 e. The van der Waals surface area contributed by atoms with Crippen LogP contribution in [0.3, 0.4) is 0 Å². The largest absolute Gasteiger partial charge is 0.336 e. The molecule has 1 aliphatic heterocycles. The molecule has 0 unspecified atom stereocenters. The van der Waals surface area contributed by atoms with Gasteiger partial charge >= 0.3 is 0 Å². The molecule has 1 atom stereocenters. The average molecular weight is 354 g/mol. The highest BCUT2D eigenvalue weighted by Gasteiger charge is 2.23. The van der Waals surface area contributed by atoms with Gasteiger partial charge in [0.05, 0.1) is 10.6 Å². The zero-order chi connectivity index (χ0) is 12.4. The lowest BCUT2D eigenvalue weighted by atomic mass is 10.1. The van der Waals surface area contributed by atoms with E-state index in [4.69, 9.17) is 11.6 Å². The van der Waals surface area contributed by atoms with E-state index in [9.17, 15) is 4.79 Å².